The zero-order valence-electron chi connectivity index (χ0n) is 14.8. The van der Waals surface area contributed by atoms with Crippen LogP contribution in [0.3, 0.4) is 0 Å². The van der Waals surface area contributed by atoms with E-state index in [2.05, 4.69) is 10.4 Å². The lowest BCUT2D eigenvalue weighted by Gasteiger charge is -2.30. The molecule has 3 rings (SSSR count). The minimum Gasteiger partial charge on any atom is -0.341 e. The zero-order valence-corrected chi connectivity index (χ0v) is 14.8. The molecule has 1 spiro atoms. The Hall–Kier alpha value is -2.38. The minimum absolute atomic E-state index is 0.103. The van der Waals surface area contributed by atoms with E-state index in [0.717, 1.165) is 24.8 Å². The number of aryl methyl sites for hydroxylation is 1. The Labute approximate surface area is 147 Å². The van der Waals surface area contributed by atoms with Gasteiger partial charge in [-0.15, -0.1) is 0 Å². The summed E-state index contributed by atoms with van der Waals surface area (Å²) in [6.07, 6.45) is 8.10. The van der Waals surface area contributed by atoms with Gasteiger partial charge >= 0.3 is 6.03 Å². The molecule has 136 valence electrons. The topological polar surface area (TPSA) is 87.5 Å². The van der Waals surface area contributed by atoms with Crippen LogP contribution in [-0.4, -0.2) is 56.6 Å². The van der Waals surface area contributed by atoms with Crippen LogP contribution in [-0.2, 0) is 23.2 Å². The summed E-state index contributed by atoms with van der Waals surface area (Å²) in [6.45, 7) is 0.583. The fourth-order valence-electron chi connectivity index (χ4n) is 3.69. The number of hydrogen-bond acceptors (Lipinski definition) is 4. The van der Waals surface area contributed by atoms with E-state index in [1.165, 1.54) is 4.90 Å². The van der Waals surface area contributed by atoms with Crippen molar-refractivity contribution in [3.8, 4) is 0 Å². The van der Waals surface area contributed by atoms with E-state index in [4.69, 9.17) is 0 Å². The smallest absolute Gasteiger partial charge is 0.325 e. The second-order valence-corrected chi connectivity index (χ2v) is 7.05. The van der Waals surface area contributed by atoms with Gasteiger partial charge in [-0.05, 0) is 12.8 Å². The number of hydrogen-bond donors (Lipinski definition) is 1. The van der Waals surface area contributed by atoms with Gasteiger partial charge in [0.15, 0.2) is 0 Å². The maximum atomic E-state index is 12.7. The number of amides is 4. The van der Waals surface area contributed by atoms with E-state index in [1.807, 2.05) is 13.2 Å². The van der Waals surface area contributed by atoms with Gasteiger partial charge in [0.05, 0.1) is 6.20 Å². The molecule has 25 heavy (non-hydrogen) atoms. The minimum atomic E-state index is -0.722. The van der Waals surface area contributed by atoms with Crippen molar-refractivity contribution in [2.45, 2.75) is 50.6 Å². The summed E-state index contributed by atoms with van der Waals surface area (Å²) in [6, 6.07) is -0.366. The third kappa shape index (κ3) is 3.52. The molecule has 1 saturated carbocycles. The highest BCUT2D eigenvalue weighted by atomic mass is 16.2. The molecule has 2 fully saturated rings. The molecular weight excluding hydrogens is 322 g/mol. The van der Waals surface area contributed by atoms with Crippen molar-refractivity contribution in [3.63, 3.8) is 0 Å². The summed E-state index contributed by atoms with van der Waals surface area (Å²) in [7, 11) is 3.54. The van der Waals surface area contributed by atoms with Crippen molar-refractivity contribution < 1.29 is 14.4 Å². The van der Waals surface area contributed by atoms with Crippen LogP contribution in [0.15, 0.2) is 12.4 Å². The molecule has 1 aliphatic heterocycles. The van der Waals surface area contributed by atoms with Crippen molar-refractivity contribution in [1.29, 1.82) is 0 Å². The van der Waals surface area contributed by atoms with E-state index < -0.39 is 5.54 Å². The van der Waals surface area contributed by atoms with Gasteiger partial charge < -0.3 is 10.2 Å². The maximum absolute atomic E-state index is 12.7. The summed E-state index contributed by atoms with van der Waals surface area (Å²) >= 11 is 0. The largest absolute Gasteiger partial charge is 0.341 e. The van der Waals surface area contributed by atoms with E-state index in [0.29, 0.717) is 19.4 Å². The molecular formula is C17H25N5O3. The van der Waals surface area contributed by atoms with E-state index in [1.54, 1.807) is 22.8 Å². The van der Waals surface area contributed by atoms with Gasteiger partial charge in [-0.3, -0.25) is 19.2 Å². The molecule has 8 heteroatoms. The van der Waals surface area contributed by atoms with Crippen LogP contribution in [0, 0.1) is 0 Å². The normalized spacial score (nSPS) is 19.4. The van der Waals surface area contributed by atoms with Crippen LogP contribution in [0.25, 0.3) is 0 Å². The van der Waals surface area contributed by atoms with Crippen LogP contribution in [0.5, 0.6) is 0 Å². The SMILES string of the molecule is CN(Cc1cnn(C)c1)C(=O)CCN1C(=O)NC2(CCCCC2)C1=O. The molecule has 0 aromatic carbocycles. The van der Waals surface area contributed by atoms with Crippen molar-refractivity contribution in [2.24, 2.45) is 7.05 Å². The summed E-state index contributed by atoms with van der Waals surface area (Å²) in [5, 5.41) is 6.95. The maximum Gasteiger partial charge on any atom is 0.325 e. The highest BCUT2D eigenvalue weighted by molar-refractivity contribution is 6.07. The molecule has 1 aliphatic carbocycles. The number of imide groups is 1. The number of nitrogens with zero attached hydrogens (tertiary/aromatic N) is 4. The fraction of sp³-hybridized carbons (Fsp3) is 0.647. The zero-order chi connectivity index (χ0) is 18.0. The molecule has 8 nitrogen and oxygen atoms in total. The number of urea groups is 1. The molecule has 0 radical (unpaired) electrons. The van der Waals surface area contributed by atoms with Crippen LogP contribution < -0.4 is 5.32 Å². The number of carbonyl (C=O) groups is 3. The Kier molecular flexibility index (Phi) is 4.78. The highest BCUT2D eigenvalue weighted by Crippen LogP contribution is 2.33. The first-order valence-corrected chi connectivity index (χ1v) is 8.77. The number of nitrogens with one attached hydrogen (secondary N) is 1. The lowest BCUT2D eigenvalue weighted by Crippen LogP contribution is -2.48. The third-order valence-electron chi connectivity index (χ3n) is 5.11. The van der Waals surface area contributed by atoms with E-state index >= 15 is 0 Å². The van der Waals surface area contributed by atoms with Crippen LogP contribution in [0.4, 0.5) is 4.79 Å². The molecule has 4 amide bonds. The first-order valence-electron chi connectivity index (χ1n) is 8.77. The average Bonchev–Trinajstić information content (AvgIpc) is 3.08. The van der Waals surface area contributed by atoms with Gasteiger partial charge in [0.1, 0.15) is 5.54 Å². The van der Waals surface area contributed by atoms with Gasteiger partial charge in [-0.25, -0.2) is 4.79 Å². The summed E-state index contributed by atoms with van der Waals surface area (Å²) in [5.74, 6) is -0.269. The van der Waals surface area contributed by atoms with Crippen molar-refractivity contribution in [2.75, 3.05) is 13.6 Å². The number of carbonyl (C=O) groups excluding carboxylic acids is 3. The first-order chi connectivity index (χ1) is 11.9. The molecule has 1 saturated heterocycles. The number of aromatic nitrogens is 2. The molecule has 1 aromatic rings. The van der Waals surface area contributed by atoms with Gasteiger partial charge in [0, 0.05) is 45.4 Å². The first kappa shape index (κ1) is 17.4. The molecule has 1 N–H and O–H groups in total. The Balaban J connectivity index is 1.54. The molecule has 2 aliphatic rings. The Bertz CT molecular complexity index is 678. The molecule has 0 atom stereocenters. The lowest BCUT2D eigenvalue weighted by molar-refractivity contribution is -0.134. The van der Waals surface area contributed by atoms with Crippen LogP contribution in [0.2, 0.25) is 0 Å². The van der Waals surface area contributed by atoms with Crippen LogP contribution in [0.1, 0.15) is 44.1 Å². The van der Waals surface area contributed by atoms with Crippen molar-refractivity contribution in [1.82, 2.24) is 24.9 Å². The predicted octanol–water partition coefficient (Wildman–Crippen LogP) is 1.02. The summed E-state index contributed by atoms with van der Waals surface area (Å²) in [4.78, 5) is 40.0. The molecule has 1 aromatic heterocycles. The Morgan fingerprint density at radius 3 is 2.68 bits per heavy atom. The van der Waals surface area contributed by atoms with Gasteiger partial charge in [-0.2, -0.15) is 5.10 Å². The van der Waals surface area contributed by atoms with Crippen molar-refractivity contribution in [3.05, 3.63) is 18.0 Å². The monoisotopic (exact) mass is 347 g/mol. The van der Waals surface area contributed by atoms with Gasteiger partial charge in [0.2, 0.25) is 5.91 Å². The predicted molar refractivity (Wildman–Crippen MR) is 90.4 cm³/mol. The quantitative estimate of drug-likeness (QED) is 0.806. The van der Waals surface area contributed by atoms with Gasteiger partial charge in [-0.1, -0.05) is 19.3 Å². The molecule has 0 unspecified atom stereocenters. The Morgan fingerprint density at radius 1 is 1.32 bits per heavy atom. The second-order valence-electron chi connectivity index (χ2n) is 7.05. The third-order valence-corrected chi connectivity index (χ3v) is 5.11. The standard InChI is InChI=1S/C17H25N5O3/c1-20(11-13-10-18-21(2)12-13)14(23)6-9-22-15(24)17(19-16(22)25)7-4-3-5-8-17/h10,12H,3-9,11H2,1-2H3,(H,19,25). The lowest BCUT2D eigenvalue weighted by atomic mass is 9.82. The summed E-state index contributed by atoms with van der Waals surface area (Å²) in [5.41, 5.74) is 0.217. The van der Waals surface area contributed by atoms with Crippen LogP contribution >= 0.6 is 0 Å². The molecule has 0 bridgehead atoms. The second kappa shape index (κ2) is 6.85. The molecule has 2 heterocycles. The van der Waals surface area contributed by atoms with E-state index in [-0.39, 0.29) is 30.8 Å². The highest BCUT2D eigenvalue weighted by Gasteiger charge is 2.51. The summed E-state index contributed by atoms with van der Waals surface area (Å²) < 4.78 is 1.69. The average molecular weight is 347 g/mol. The Morgan fingerprint density at radius 2 is 2.04 bits per heavy atom. The fourth-order valence-corrected chi connectivity index (χ4v) is 3.69. The van der Waals surface area contributed by atoms with E-state index in [9.17, 15) is 14.4 Å². The van der Waals surface area contributed by atoms with Crippen molar-refractivity contribution >= 4 is 17.8 Å². The number of rotatable bonds is 5. The van der Waals surface area contributed by atoms with Gasteiger partial charge in [0.25, 0.3) is 5.91 Å².